The number of nitrogens with zero attached hydrogens (tertiary/aromatic N) is 4. The van der Waals surface area contributed by atoms with Gasteiger partial charge in [-0.05, 0) is 80.8 Å². The van der Waals surface area contributed by atoms with Crippen molar-refractivity contribution in [2.24, 2.45) is 4.99 Å². The van der Waals surface area contributed by atoms with E-state index in [0.29, 0.717) is 29.9 Å². The molecule has 0 aliphatic carbocycles. The number of carboxylic acids is 1. The number of aliphatic imine (C=N–C) groups is 1. The Morgan fingerprint density at radius 1 is 0.857 bits per heavy atom. The molecule has 9 nitrogen and oxygen atoms in total. The minimum absolute atomic E-state index is 0.00332. The summed E-state index contributed by atoms with van der Waals surface area (Å²) in [5.41, 5.74) is 3.92. The Morgan fingerprint density at radius 2 is 1.53 bits per heavy atom. The van der Waals surface area contributed by atoms with Gasteiger partial charge in [-0.1, -0.05) is 82.9 Å². The van der Waals surface area contributed by atoms with Crippen molar-refractivity contribution in [1.29, 1.82) is 0 Å². The number of aromatic carboxylic acids is 1. The zero-order valence-electron chi connectivity index (χ0n) is 29.7. The summed E-state index contributed by atoms with van der Waals surface area (Å²) in [7, 11) is 2.01. The first-order valence-electron chi connectivity index (χ1n) is 17.7. The molecular formula is C40H51N5O4. The molecule has 1 heterocycles. The molecule has 0 spiro atoms. The van der Waals surface area contributed by atoms with Crippen LogP contribution in [0.1, 0.15) is 105 Å². The number of hydrogen-bond donors (Lipinski definition) is 2. The molecule has 0 aliphatic heterocycles. The van der Waals surface area contributed by atoms with E-state index in [-0.39, 0.29) is 22.5 Å². The molecule has 1 amide bonds. The monoisotopic (exact) mass is 665 g/mol. The third-order valence-electron chi connectivity index (χ3n) is 9.08. The smallest absolute Gasteiger partial charge is 0.335 e. The van der Waals surface area contributed by atoms with E-state index >= 15 is 0 Å². The minimum atomic E-state index is -1.13. The zero-order chi connectivity index (χ0) is 35.3. The van der Waals surface area contributed by atoms with Crippen molar-refractivity contribution in [1.82, 2.24) is 9.55 Å². The van der Waals surface area contributed by atoms with Gasteiger partial charge in [-0.15, -0.1) is 0 Å². The van der Waals surface area contributed by atoms with Crippen molar-refractivity contribution in [3.8, 4) is 0 Å². The third kappa shape index (κ3) is 9.87. The molecule has 0 saturated heterocycles. The van der Waals surface area contributed by atoms with Gasteiger partial charge in [-0.3, -0.25) is 14.2 Å². The van der Waals surface area contributed by atoms with Crippen LogP contribution in [0.5, 0.6) is 0 Å². The molecule has 4 rings (SSSR count). The van der Waals surface area contributed by atoms with Gasteiger partial charge in [-0.2, -0.15) is 0 Å². The van der Waals surface area contributed by atoms with Gasteiger partial charge in [0.25, 0.3) is 11.5 Å². The Morgan fingerprint density at radius 3 is 2.16 bits per heavy atom. The molecule has 2 N–H and O–H groups in total. The van der Waals surface area contributed by atoms with Crippen LogP contribution in [0.4, 0.5) is 17.1 Å². The number of rotatable bonds is 18. The summed E-state index contributed by atoms with van der Waals surface area (Å²) < 4.78 is 1.50. The lowest BCUT2D eigenvalue weighted by Gasteiger charge is -2.19. The van der Waals surface area contributed by atoms with Gasteiger partial charge < -0.3 is 15.3 Å². The second-order valence-corrected chi connectivity index (χ2v) is 12.8. The van der Waals surface area contributed by atoms with Gasteiger partial charge in [0.05, 0.1) is 22.2 Å². The maximum atomic E-state index is 14.2. The van der Waals surface area contributed by atoms with Crippen LogP contribution in [-0.2, 0) is 11.3 Å². The second kappa shape index (κ2) is 18.1. The lowest BCUT2D eigenvalue weighted by molar-refractivity contribution is -0.110. The van der Waals surface area contributed by atoms with E-state index in [2.05, 4.69) is 24.1 Å². The van der Waals surface area contributed by atoms with Crippen molar-refractivity contribution in [3.05, 3.63) is 93.5 Å². The Hall–Kier alpha value is -4.79. The SMILES string of the molecule is CCCCCCCCCCCCn1c(C(=Nc2ccc(N(C)CC)cc2C)C(=O)Nc2ccccc2C)nc2ccc(C(=O)O)cc2c1=O. The quantitative estimate of drug-likeness (QED) is 0.0810. The van der Waals surface area contributed by atoms with Crippen molar-refractivity contribution in [2.45, 2.75) is 98.4 Å². The number of unbranched alkanes of at least 4 members (excludes halogenated alkanes) is 9. The summed E-state index contributed by atoms with van der Waals surface area (Å²) in [6, 6.07) is 17.7. The minimum Gasteiger partial charge on any atom is -0.478 e. The van der Waals surface area contributed by atoms with Crippen molar-refractivity contribution in [2.75, 3.05) is 23.8 Å². The molecule has 4 aromatic rings. The van der Waals surface area contributed by atoms with Crippen LogP contribution in [0.2, 0.25) is 0 Å². The molecule has 1 aromatic heterocycles. The van der Waals surface area contributed by atoms with Crippen LogP contribution < -0.4 is 15.8 Å². The van der Waals surface area contributed by atoms with E-state index in [4.69, 9.17) is 9.98 Å². The number of hydrogen-bond acceptors (Lipinski definition) is 6. The van der Waals surface area contributed by atoms with Crippen LogP contribution in [0, 0.1) is 13.8 Å². The highest BCUT2D eigenvalue weighted by molar-refractivity contribution is 6.48. The number of para-hydroxylation sites is 1. The van der Waals surface area contributed by atoms with Crippen LogP contribution >= 0.6 is 0 Å². The normalized spacial score (nSPS) is 11.6. The predicted octanol–water partition coefficient (Wildman–Crippen LogP) is 8.85. The number of aryl methyl sites for hydroxylation is 2. The van der Waals surface area contributed by atoms with E-state index in [9.17, 15) is 19.5 Å². The lowest BCUT2D eigenvalue weighted by atomic mass is 10.1. The Kier molecular flexibility index (Phi) is 13.7. The molecule has 0 aliphatic rings. The average molecular weight is 666 g/mol. The largest absolute Gasteiger partial charge is 0.478 e. The lowest BCUT2D eigenvalue weighted by Crippen LogP contribution is -2.34. The number of nitrogens with one attached hydrogen (secondary N) is 1. The van der Waals surface area contributed by atoms with Crippen molar-refractivity contribution in [3.63, 3.8) is 0 Å². The molecule has 0 radical (unpaired) electrons. The molecule has 0 saturated carbocycles. The topological polar surface area (TPSA) is 117 Å². The molecule has 0 fully saturated rings. The maximum absolute atomic E-state index is 14.2. The summed E-state index contributed by atoms with van der Waals surface area (Å²) in [6.45, 7) is 9.32. The highest BCUT2D eigenvalue weighted by Crippen LogP contribution is 2.26. The fourth-order valence-electron chi connectivity index (χ4n) is 5.90. The summed E-state index contributed by atoms with van der Waals surface area (Å²) >= 11 is 0. The van der Waals surface area contributed by atoms with Gasteiger partial charge in [0.15, 0.2) is 11.5 Å². The summed E-state index contributed by atoms with van der Waals surface area (Å²) in [4.78, 5) is 52.0. The van der Waals surface area contributed by atoms with Gasteiger partial charge in [0, 0.05) is 31.5 Å². The Bertz CT molecular complexity index is 1840. The number of carbonyl (C=O) groups is 2. The highest BCUT2D eigenvalue weighted by Gasteiger charge is 2.24. The van der Waals surface area contributed by atoms with Crippen molar-refractivity contribution >= 4 is 45.6 Å². The fraction of sp³-hybridized carbons (Fsp3) is 0.425. The van der Waals surface area contributed by atoms with Gasteiger partial charge in [0.2, 0.25) is 0 Å². The molecule has 260 valence electrons. The number of carboxylic acid groups (broad SMARTS) is 1. The van der Waals surface area contributed by atoms with Gasteiger partial charge >= 0.3 is 5.97 Å². The van der Waals surface area contributed by atoms with E-state index in [1.165, 1.54) is 61.3 Å². The molecule has 0 bridgehead atoms. The number of carbonyl (C=O) groups excluding carboxylic acids is 1. The Labute approximate surface area is 290 Å². The fourth-order valence-corrected chi connectivity index (χ4v) is 5.90. The molecule has 3 aromatic carbocycles. The number of anilines is 2. The number of amides is 1. The summed E-state index contributed by atoms with van der Waals surface area (Å²) in [5.74, 6) is -1.47. The number of aromatic nitrogens is 2. The third-order valence-corrected chi connectivity index (χ3v) is 9.08. The maximum Gasteiger partial charge on any atom is 0.335 e. The van der Waals surface area contributed by atoms with E-state index in [0.717, 1.165) is 42.6 Å². The van der Waals surface area contributed by atoms with Gasteiger partial charge in [-0.25, -0.2) is 14.8 Å². The average Bonchev–Trinajstić information content (AvgIpc) is 3.09. The highest BCUT2D eigenvalue weighted by atomic mass is 16.4. The molecule has 0 atom stereocenters. The first-order valence-corrected chi connectivity index (χ1v) is 17.7. The van der Waals surface area contributed by atoms with Gasteiger partial charge in [0.1, 0.15) is 0 Å². The Balaban J connectivity index is 1.77. The molecule has 9 heteroatoms. The van der Waals surface area contributed by atoms with Crippen LogP contribution in [0.15, 0.2) is 70.5 Å². The summed E-state index contributed by atoms with van der Waals surface area (Å²) in [6.07, 6.45) is 11.4. The zero-order valence-corrected chi connectivity index (χ0v) is 29.7. The van der Waals surface area contributed by atoms with Crippen LogP contribution in [0.3, 0.4) is 0 Å². The second-order valence-electron chi connectivity index (χ2n) is 12.8. The number of fused-ring (bicyclic) bond motifs is 1. The molecular weight excluding hydrogens is 614 g/mol. The summed E-state index contributed by atoms with van der Waals surface area (Å²) in [5, 5.41) is 12.8. The van der Waals surface area contributed by atoms with Crippen molar-refractivity contribution < 1.29 is 14.7 Å². The van der Waals surface area contributed by atoms with Crippen LogP contribution in [-0.4, -0.2) is 45.8 Å². The molecule has 49 heavy (non-hydrogen) atoms. The van der Waals surface area contributed by atoms with E-state index in [1.807, 2.05) is 63.4 Å². The van der Waals surface area contributed by atoms with E-state index in [1.54, 1.807) is 0 Å². The predicted molar refractivity (Wildman–Crippen MR) is 201 cm³/mol. The standard InChI is InChI=1S/C40H51N5O4/c1-6-8-9-10-11-12-13-14-15-18-25-45-37(42-35-23-21-30(40(48)49)27-32(35)39(45)47)36(38(46)43-33-20-17-16-19-28(33)3)41-34-24-22-31(26-29(34)4)44(5)7-2/h16-17,19-24,26-27H,6-15,18,25H2,1-5H3,(H,43,46)(H,48,49). The van der Waals surface area contributed by atoms with Crippen LogP contribution in [0.25, 0.3) is 10.9 Å². The first kappa shape index (κ1) is 37.0. The number of benzene rings is 3. The molecule has 0 unspecified atom stereocenters. The van der Waals surface area contributed by atoms with E-state index < -0.39 is 17.4 Å². The first-order chi connectivity index (χ1) is 23.6.